The van der Waals surface area contributed by atoms with Crippen molar-refractivity contribution in [2.24, 2.45) is 0 Å². The molecule has 0 spiro atoms. The summed E-state index contributed by atoms with van der Waals surface area (Å²) in [6.45, 7) is 0. The maximum Gasteiger partial charge on any atom is 0.281 e. The number of hydrogen-bond donors (Lipinski definition) is 0. The standard InChI is InChI=1S/C8H4F2I2N2/c9-8(10)7-6(12)5(11)3-4(14-7)1-2-13/h3,8H,1H2. The molecule has 1 aromatic rings. The maximum atomic E-state index is 12.5. The third-order valence-corrected chi connectivity index (χ3v) is 4.48. The normalized spacial score (nSPS) is 10.3. The molecule has 1 heterocycles. The maximum absolute atomic E-state index is 12.5. The summed E-state index contributed by atoms with van der Waals surface area (Å²) in [6, 6.07) is 3.53. The molecule has 0 fully saturated rings. The molecule has 2 nitrogen and oxygen atoms in total. The van der Waals surface area contributed by atoms with Crippen LogP contribution in [0.1, 0.15) is 17.8 Å². The number of aromatic nitrogens is 1. The highest BCUT2D eigenvalue weighted by Gasteiger charge is 2.16. The Kier molecular flexibility index (Phi) is 4.43. The molecule has 1 rings (SSSR count). The number of halogens is 4. The van der Waals surface area contributed by atoms with E-state index in [1.807, 2.05) is 51.3 Å². The summed E-state index contributed by atoms with van der Waals surface area (Å²) in [5, 5.41) is 8.43. The number of nitrogens with zero attached hydrogens (tertiary/aromatic N) is 2. The first-order chi connectivity index (χ1) is 6.56. The van der Waals surface area contributed by atoms with Gasteiger partial charge >= 0.3 is 0 Å². The molecule has 0 radical (unpaired) electrons. The van der Waals surface area contributed by atoms with Crippen LogP contribution in [0.15, 0.2) is 6.07 Å². The lowest BCUT2D eigenvalue weighted by molar-refractivity contribution is 0.144. The molecule has 0 aliphatic rings. The van der Waals surface area contributed by atoms with Gasteiger partial charge in [0.1, 0.15) is 5.69 Å². The van der Waals surface area contributed by atoms with E-state index in [2.05, 4.69) is 4.98 Å². The van der Waals surface area contributed by atoms with Gasteiger partial charge in [-0.3, -0.25) is 0 Å². The molecule has 0 aromatic carbocycles. The van der Waals surface area contributed by atoms with E-state index >= 15 is 0 Å². The van der Waals surface area contributed by atoms with Crippen molar-refractivity contribution in [2.45, 2.75) is 12.8 Å². The summed E-state index contributed by atoms with van der Waals surface area (Å²) in [5.74, 6) is 0. The minimum absolute atomic E-state index is 0.0621. The molecule has 74 valence electrons. The van der Waals surface area contributed by atoms with Crippen molar-refractivity contribution in [1.82, 2.24) is 4.98 Å². The molecule has 0 saturated heterocycles. The Hall–Kier alpha value is -0.0400. The Morgan fingerprint density at radius 2 is 2.14 bits per heavy atom. The van der Waals surface area contributed by atoms with Crippen LogP contribution in [0, 0.1) is 18.5 Å². The second-order valence-corrected chi connectivity index (χ2v) is 4.67. The van der Waals surface area contributed by atoms with Gasteiger partial charge in [0.15, 0.2) is 0 Å². The molecule has 0 aliphatic heterocycles. The lowest BCUT2D eigenvalue weighted by Gasteiger charge is -2.06. The van der Waals surface area contributed by atoms with Crippen LogP contribution in [0.5, 0.6) is 0 Å². The lowest BCUT2D eigenvalue weighted by atomic mass is 10.2. The molecule has 14 heavy (non-hydrogen) atoms. The van der Waals surface area contributed by atoms with Gasteiger partial charge in [-0.05, 0) is 51.2 Å². The molecular weight excluding hydrogens is 416 g/mol. The Morgan fingerprint density at radius 1 is 1.50 bits per heavy atom. The number of alkyl halides is 2. The molecule has 0 N–H and O–H groups in total. The topological polar surface area (TPSA) is 36.7 Å². The summed E-state index contributed by atoms with van der Waals surface area (Å²) in [7, 11) is 0. The molecule has 0 atom stereocenters. The predicted molar refractivity (Wildman–Crippen MR) is 63.9 cm³/mol. The zero-order chi connectivity index (χ0) is 10.7. The average molecular weight is 420 g/mol. The highest BCUT2D eigenvalue weighted by atomic mass is 127. The summed E-state index contributed by atoms with van der Waals surface area (Å²) in [6.07, 6.45) is -2.53. The quantitative estimate of drug-likeness (QED) is 0.690. The van der Waals surface area contributed by atoms with Gasteiger partial charge in [-0.15, -0.1) is 0 Å². The molecule has 1 aromatic heterocycles. The molecule has 0 saturated carbocycles. The molecule has 0 unspecified atom stereocenters. The minimum Gasteiger partial charge on any atom is -0.250 e. The third-order valence-electron chi connectivity index (χ3n) is 1.46. The van der Waals surface area contributed by atoms with Gasteiger partial charge in [0.2, 0.25) is 0 Å². The van der Waals surface area contributed by atoms with Gasteiger partial charge in [0.25, 0.3) is 6.43 Å². The van der Waals surface area contributed by atoms with E-state index < -0.39 is 6.43 Å². The van der Waals surface area contributed by atoms with Gasteiger partial charge in [-0.25, -0.2) is 13.8 Å². The summed E-state index contributed by atoms with van der Waals surface area (Å²) in [4.78, 5) is 3.74. The Morgan fingerprint density at radius 3 is 2.64 bits per heavy atom. The molecule has 6 heteroatoms. The SMILES string of the molecule is N#CCc1cc(I)c(I)c(C(F)F)n1. The van der Waals surface area contributed by atoms with Crippen LogP contribution in [0.25, 0.3) is 0 Å². The first-order valence-electron chi connectivity index (χ1n) is 3.56. The Labute approximate surface area is 107 Å². The van der Waals surface area contributed by atoms with Crippen molar-refractivity contribution in [3.63, 3.8) is 0 Å². The molecule has 0 amide bonds. The van der Waals surface area contributed by atoms with Crippen LogP contribution >= 0.6 is 45.2 Å². The summed E-state index contributed by atoms with van der Waals surface area (Å²) < 4.78 is 26.1. The highest BCUT2D eigenvalue weighted by Crippen LogP contribution is 2.26. The molecular formula is C8H4F2I2N2. The second kappa shape index (κ2) is 5.16. The average Bonchev–Trinajstić information content (AvgIpc) is 2.11. The fraction of sp³-hybridized carbons (Fsp3) is 0.250. The van der Waals surface area contributed by atoms with Gasteiger partial charge in [0, 0.05) is 3.57 Å². The second-order valence-electron chi connectivity index (χ2n) is 2.43. The monoisotopic (exact) mass is 420 g/mol. The van der Waals surface area contributed by atoms with Crippen molar-refractivity contribution >= 4 is 45.2 Å². The molecule has 0 aliphatic carbocycles. The fourth-order valence-corrected chi connectivity index (χ4v) is 2.03. The van der Waals surface area contributed by atoms with Gasteiger partial charge in [-0.2, -0.15) is 5.26 Å². The van der Waals surface area contributed by atoms with Gasteiger partial charge in [0.05, 0.1) is 21.8 Å². The highest BCUT2D eigenvalue weighted by molar-refractivity contribution is 14.1. The fourth-order valence-electron chi connectivity index (χ4n) is 0.884. The zero-order valence-electron chi connectivity index (χ0n) is 6.77. The van der Waals surface area contributed by atoms with Gasteiger partial charge in [-0.1, -0.05) is 0 Å². The van der Waals surface area contributed by atoms with E-state index in [0.29, 0.717) is 12.8 Å². The number of rotatable bonds is 2. The smallest absolute Gasteiger partial charge is 0.250 e. The summed E-state index contributed by atoms with van der Waals surface area (Å²) >= 11 is 3.79. The van der Waals surface area contributed by atoms with E-state index in [1.54, 1.807) is 6.07 Å². The number of hydrogen-bond acceptors (Lipinski definition) is 2. The Balaban J connectivity index is 3.22. The van der Waals surface area contributed by atoms with E-state index in [-0.39, 0.29) is 12.1 Å². The summed E-state index contributed by atoms with van der Waals surface area (Å²) in [5.41, 5.74) is 0.162. The van der Waals surface area contributed by atoms with Crippen molar-refractivity contribution in [3.05, 3.63) is 24.6 Å². The minimum atomic E-state index is -2.59. The van der Waals surface area contributed by atoms with Crippen LogP contribution in [0.4, 0.5) is 8.78 Å². The van der Waals surface area contributed by atoms with Crippen molar-refractivity contribution in [2.75, 3.05) is 0 Å². The molecule has 0 bridgehead atoms. The zero-order valence-corrected chi connectivity index (χ0v) is 11.1. The van der Waals surface area contributed by atoms with E-state index in [0.717, 1.165) is 0 Å². The van der Waals surface area contributed by atoms with Crippen LogP contribution in [0.2, 0.25) is 0 Å². The number of pyridine rings is 1. The van der Waals surface area contributed by atoms with E-state index in [1.165, 1.54) is 0 Å². The number of nitriles is 1. The van der Waals surface area contributed by atoms with Gasteiger partial charge < -0.3 is 0 Å². The van der Waals surface area contributed by atoms with Crippen LogP contribution in [-0.2, 0) is 6.42 Å². The van der Waals surface area contributed by atoms with Crippen molar-refractivity contribution in [3.8, 4) is 6.07 Å². The third kappa shape index (κ3) is 2.73. The van der Waals surface area contributed by atoms with Crippen molar-refractivity contribution in [1.29, 1.82) is 5.26 Å². The van der Waals surface area contributed by atoms with Crippen LogP contribution in [0.3, 0.4) is 0 Å². The first-order valence-corrected chi connectivity index (χ1v) is 5.72. The Bertz CT molecular complexity index is 388. The first kappa shape index (κ1) is 12.0. The van der Waals surface area contributed by atoms with Crippen LogP contribution < -0.4 is 0 Å². The van der Waals surface area contributed by atoms with Crippen molar-refractivity contribution < 1.29 is 8.78 Å². The lowest BCUT2D eigenvalue weighted by Crippen LogP contribution is -2.01. The van der Waals surface area contributed by atoms with Crippen LogP contribution in [-0.4, -0.2) is 4.98 Å². The van der Waals surface area contributed by atoms with E-state index in [4.69, 9.17) is 5.26 Å². The largest absolute Gasteiger partial charge is 0.281 e. The predicted octanol–water partition coefficient (Wildman–Crippen LogP) is 3.29. The van der Waals surface area contributed by atoms with E-state index in [9.17, 15) is 8.78 Å².